The standard InChI is InChI=1S/C11H14FNO3/c1-15-10-5-7(12)4-8(11(10)14)9-6-16-3-2-13-9/h4-5,9,13-14H,2-3,6H2,1H3/t9-/m1/s1. The number of methoxy groups -OCH3 is 1. The molecule has 0 bridgehead atoms. The van der Waals surface area contributed by atoms with E-state index in [2.05, 4.69) is 5.32 Å². The van der Waals surface area contributed by atoms with Gasteiger partial charge < -0.3 is 19.9 Å². The Morgan fingerprint density at radius 3 is 3.00 bits per heavy atom. The number of nitrogens with one attached hydrogen (secondary N) is 1. The lowest BCUT2D eigenvalue weighted by Gasteiger charge is -2.25. The fourth-order valence-corrected chi connectivity index (χ4v) is 1.78. The van der Waals surface area contributed by atoms with E-state index in [4.69, 9.17) is 9.47 Å². The van der Waals surface area contributed by atoms with Crippen molar-refractivity contribution in [3.63, 3.8) is 0 Å². The number of halogens is 1. The highest BCUT2D eigenvalue weighted by Gasteiger charge is 2.21. The molecular weight excluding hydrogens is 213 g/mol. The van der Waals surface area contributed by atoms with Crippen LogP contribution in [0.2, 0.25) is 0 Å². The Bertz CT molecular complexity index is 378. The Labute approximate surface area is 93.0 Å². The molecule has 1 aromatic carbocycles. The predicted molar refractivity (Wildman–Crippen MR) is 56.2 cm³/mol. The summed E-state index contributed by atoms with van der Waals surface area (Å²) in [7, 11) is 1.39. The number of phenolic OH excluding ortho intramolecular Hbond substituents is 1. The molecule has 1 fully saturated rings. The van der Waals surface area contributed by atoms with Crippen molar-refractivity contribution in [2.75, 3.05) is 26.9 Å². The number of benzene rings is 1. The van der Waals surface area contributed by atoms with E-state index in [1.807, 2.05) is 0 Å². The van der Waals surface area contributed by atoms with Crippen LogP contribution in [0.5, 0.6) is 11.5 Å². The third kappa shape index (κ3) is 2.10. The van der Waals surface area contributed by atoms with Crippen molar-refractivity contribution in [2.45, 2.75) is 6.04 Å². The summed E-state index contributed by atoms with van der Waals surface area (Å²) in [4.78, 5) is 0. The molecule has 88 valence electrons. The van der Waals surface area contributed by atoms with Gasteiger partial charge in [0.05, 0.1) is 26.4 Å². The van der Waals surface area contributed by atoms with Crippen LogP contribution in [0.1, 0.15) is 11.6 Å². The van der Waals surface area contributed by atoms with Gasteiger partial charge in [-0.2, -0.15) is 0 Å². The second-order valence-electron chi connectivity index (χ2n) is 3.63. The SMILES string of the molecule is COc1cc(F)cc([C@H]2COCCN2)c1O. The minimum atomic E-state index is -0.433. The Kier molecular flexibility index (Phi) is 3.26. The molecule has 0 unspecified atom stereocenters. The molecule has 1 aliphatic rings. The van der Waals surface area contributed by atoms with Crippen molar-refractivity contribution in [2.24, 2.45) is 0 Å². The molecular formula is C11H14FNO3. The number of rotatable bonds is 2. The third-order valence-corrected chi connectivity index (χ3v) is 2.59. The third-order valence-electron chi connectivity index (χ3n) is 2.59. The molecule has 0 aliphatic carbocycles. The molecule has 0 saturated carbocycles. The summed E-state index contributed by atoms with van der Waals surface area (Å²) in [5.74, 6) is -0.328. The van der Waals surface area contributed by atoms with Gasteiger partial charge in [-0.05, 0) is 6.07 Å². The van der Waals surface area contributed by atoms with Gasteiger partial charge >= 0.3 is 0 Å². The van der Waals surface area contributed by atoms with Crippen LogP contribution in [0.15, 0.2) is 12.1 Å². The minimum absolute atomic E-state index is 0.0353. The fraction of sp³-hybridized carbons (Fsp3) is 0.455. The van der Waals surface area contributed by atoms with Gasteiger partial charge in [0.1, 0.15) is 5.82 Å². The minimum Gasteiger partial charge on any atom is -0.504 e. The van der Waals surface area contributed by atoms with E-state index >= 15 is 0 Å². The van der Waals surface area contributed by atoms with E-state index in [0.29, 0.717) is 25.3 Å². The molecule has 0 spiro atoms. The zero-order chi connectivity index (χ0) is 11.5. The molecule has 1 aliphatic heterocycles. The Morgan fingerprint density at radius 1 is 1.56 bits per heavy atom. The summed E-state index contributed by atoms with van der Waals surface area (Å²) in [5, 5.41) is 13.0. The van der Waals surface area contributed by atoms with Crippen molar-refractivity contribution >= 4 is 0 Å². The van der Waals surface area contributed by atoms with Gasteiger partial charge in [0.25, 0.3) is 0 Å². The molecule has 1 saturated heterocycles. The zero-order valence-corrected chi connectivity index (χ0v) is 9.00. The predicted octanol–water partition coefficient (Wildman–Crippen LogP) is 1.20. The van der Waals surface area contributed by atoms with E-state index < -0.39 is 5.82 Å². The fourth-order valence-electron chi connectivity index (χ4n) is 1.78. The quantitative estimate of drug-likeness (QED) is 0.797. The molecule has 0 radical (unpaired) electrons. The van der Waals surface area contributed by atoms with Crippen LogP contribution in [0, 0.1) is 5.82 Å². The van der Waals surface area contributed by atoms with Crippen LogP contribution in [-0.4, -0.2) is 32.0 Å². The molecule has 16 heavy (non-hydrogen) atoms. The first-order chi connectivity index (χ1) is 7.72. The number of hydrogen-bond acceptors (Lipinski definition) is 4. The van der Waals surface area contributed by atoms with Crippen molar-refractivity contribution in [3.05, 3.63) is 23.5 Å². The maximum absolute atomic E-state index is 13.3. The maximum Gasteiger partial charge on any atom is 0.163 e. The first-order valence-corrected chi connectivity index (χ1v) is 5.10. The van der Waals surface area contributed by atoms with Crippen molar-refractivity contribution < 1.29 is 19.0 Å². The first-order valence-electron chi connectivity index (χ1n) is 5.10. The van der Waals surface area contributed by atoms with Crippen molar-refractivity contribution in [3.8, 4) is 11.5 Å². The lowest BCUT2D eigenvalue weighted by Crippen LogP contribution is -2.34. The molecule has 5 heteroatoms. The summed E-state index contributed by atoms with van der Waals surface area (Å²) in [6, 6.07) is 2.26. The molecule has 0 amide bonds. The number of aromatic hydroxyl groups is 1. The monoisotopic (exact) mass is 227 g/mol. The zero-order valence-electron chi connectivity index (χ0n) is 9.00. The summed E-state index contributed by atoms with van der Waals surface area (Å²) < 4.78 is 23.5. The van der Waals surface area contributed by atoms with Gasteiger partial charge in [-0.3, -0.25) is 0 Å². The lowest BCUT2D eigenvalue weighted by atomic mass is 10.0. The highest BCUT2D eigenvalue weighted by atomic mass is 19.1. The topological polar surface area (TPSA) is 50.7 Å². The van der Waals surface area contributed by atoms with Crippen molar-refractivity contribution in [1.29, 1.82) is 0 Å². The van der Waals surface area contributed by atoms with Crippen LogP contribution in [0.4, 0.5) is 4.39 Å². The smallest absolute Gasteiger partial charge is 0.163 e. The molecule has 2 N–H and O–H groups in total. The van der Waals surface area contributed by atoms with Crippen molar-refractivity contribution in [1.82, 2.24) is 5.32 Å². The largest absolute Gasteiger partial charge is 0.504 e. The van der Waals surface area contributed by atoms with Gasteiger partial charge in [0, 0.05) is 18.2 Å². The van der Waals surface area contributed by atoms with Crippen LogP contribution in [-0.2, 0) is 4.74 Å². The molecule has 1 aromatic rings. The highest BCUT2D eigenvalue weighted by molar-refractivity contribution is 5.47. The van der Waals surface area contributed by atoms with Gasteiger partial charge in [-0.25, -0.2) is 4.39 Å². The first kappa shape index (κ1) is 11.2. The summed E-state index contributed by atoms with van der Waals surface area (Å²) >= 11 is 0. The second kappa shape index (κ2) is 4.67. The molecule has 2 rings (SSSR count). The summed E-state index contributed by atoms with van der Waals surface area (Å²) in [5.41, 5.74) is 0.469. The van der Waals surface area contributed by atoms with Crippen LogP contribution in [0.3, 0.4) is 0 Å². The normalized spacial score (nSPS) is 20.8. The molecule has 1 heterocycles. The molecule has 1 atom stereocenters. The van der Waals surface area contributed by atoms with E-state index in [0.717, 1.165) is 6.07 Å². The Morgan fingerprint density at radius 2 is 2.38 bits per heavy atom. The van der Waals surface area contributed by atoms with Crippen LogP contribution in [0.25, 0.3) is 0 Å². The average molecular weight is 227 g/mol. The Hall–Kier alpha value is -1.33. The number of hydrogen-bond donors (Lipinski definition) is 2. The number of phenols is 1. The average Bonchev–Trinajstić information content (AvgIpc) is 2.33. The highest BCUT2D eigenvalue weighted by Crippen LogP contribution is 2.35. The van der Waals surface area contributed by atoms with Gasteiger partial charge in [0.2, 0.25) is 0 Å². The van der Waals surface area contributed by atoms with Crippen LogP contribution < -0.4 is 10.1 Å². The second-order valence-corrected chi connectivity index (χ2v) is 3.63. The van der Waals surface area contributed by atoms with E-state index in [-0.39, 0.29) is 17.5 Å². The summed E-state index contributed by atoms with van der Waals surface area (Å²) in [6.45, 7) is 1.73. The Balaban J connectivity index is 2.34. The van der Waals surface area contributed by atoms with E-state index in [1.54, 1.807) is 0 Å². The number of morpholine rings is 1. The van der Waals surface area contributed by atoms with Gasteiger partial charge in [0.15, 0.2) is 11.5 Å². The van der Waals surface area contributed by atoms with E-state index in [1.165, 1.54) is 13.2 Å². The van der Waals surface area contributed by atoms with Crippen LogP contribution >= 0.6 is 0 Å². The molecule has 4 nitrogen and oxygen atoms in total. The lowest BCUT2D eigenvalue weighted by molar-refractivity contribution is 0.0758. The van der Waals surface area contributed by atoms with Gasteiger partial charge in [-0.1, -0.05) is 0 Å². The number of ether oxygens (including phenoxy) is 2. The summed E-state index contributed by atoms with van der Waals surface area (Å²) in [6.07, 6.45) is 0. The maximum atomic E-state index is 13.3. The molecule has 0 aromatic heterocycles. The van der Waals surface area contributed by atoms with Gasteiger partial charge in [-0.15, -0.1) is 0 Å². The van der Waals surface area contributed by atoms with E-state index in [9.17, 15) is 9.50 Å².